The lowest BCUT2D eigenvalue weighted by atomic mass is 9.85. The number of β-amino-alcohol motifs (C(OH)–C–C–N with tert-alkyl or cyclic N) is 1. The molecule has 2 aromatic rings. The summed E-state index contributed by atoms with van der Waals surface area (Å²) in [5.41, 5.74) is 2.66. The SMILES string of the molecule is CC/C=C(/c1c(N2CC(O)(CO)C2)ccnc1Nc1ccc(OC(C)(F)F)cc1)C(CC)CC. The van der Waals surface area contributed by atoms with E-state index in [1.54, 1.807) is 18.3 Å². The van der Waals surface area contributed by atoms with Crippen LogP contribution >= 0.6 is 0 Å². The van der Waals surface area contributed by atoms with Gasteiger partial charge < -0.3 is 25.2 Å². The molecule has 0 bridgehead atoms. The van der Waals surface area contributed by atoms with Crippen molar-refractivity contribution in [3.05, 3.63) is 48.2 Å². The number of nitrogens with one attached hydrogen (secondary N) is 1. The number of aliphatic hydroxyl groups excluding tert-OH is 1. The smallest absolute Gasteiger partial charge is 0.394 e. The van der Waals surface area contributed by atoms with Gasteiger partial charge in [-0.15, -0.1) is 0 Å². The highest BCUT2D eigenvalue weighted by molar-refractivity contribution is 5.87. The number of pyridine rings is 1. The van der Waals surface area contributed by atoms with E-state index in [0.717, 1.165) is 30.5 Å². The minimum absolute atomic E-state index is 0.0763. The van der Waals surface area contributed by atoms with Gasteiger partial charge in [-0.25, -0.2) is 4.98 Å². The summed E-state index contributed by atoms with van der Waals surface area (Å²) in [6, 6.07) is 8.26. The highest BCUT2D eigenvalue weighted by Crippen LogP contribution is 2.42. The number of hydrogen-bond acceptors (Lipinski definition) is 6. The first-order valence-electron chi connectivity index (χ1n) is 11.8. The maximum Gasteiger partial charge on any atom is 0.394 e. The molecule has 3 N–H and O–H groups in total. The van der Waals surface area contributed by atoms with Crippen molar-refractivity contribution in [3.8, 4) is 5.75 Å². The number of rotatable bonds is 11. The van der Waals surface area contributed by atoms with E-state index in [1.165, 1.54) is 17.7 Å². The summed E-state index contributed by atoms with van der Waals surface area (Å²) in [6.07, 6.45) is 3.48. The van der Waals surface area contributed by atoms with Crippen LogP contribution in [-0.2, 0) is 0 Å². The number of aliphatic hydroxyl groups is 2. The van der Waals surface area contributed by atoms with Crippen LogP contribution in [0.15, 0.2) is 42.6 Å². The van der Waals surface area contributed by atoms with Crippen LogP contribution in [-0.4, -0.2) is 46.6 Å². The number of benzene rings is 1. The number of allylic oxidation sites excluding steroid dienone is 2. The number of ether oxygens (including phenoxy) is 1. The second-order valence-corrected chi connectivity index (χ2v) is 8.93. The van der Waals surface area contributed by atoms with Gasteiger partial charge in [-0.3, -0.25) is 0 Å². The van der Waals surface area contributed by atoms with E-state index in [0.29, 0.717) is 37.4 Å². The third-order valence-corrected chi connectivity index (χ3v) is 6.09. The summed E-state index contributed by atoms with van der Waals surface area (Å²) < 4.78 is 30.9. The van der Waals surface area contributed by atoms with Gasteiger partial charge in [-0.2, -0.15) is 8.78 Å². The number of anilines is 3. The van der Waals surface area contributed by atoms with Crippen molar-refractivity contribution in [3.63, 3.8) is 0 Å². The molecule has 0 aliphatic carbocycles. The lowest BCUT2D eigenvalue weighted by molar-refractivity contribution is -0.158. The fourth-order valence-corrected chi connectivity index (χ4v) is 4.40. The van der Waals surface area contributed by atoms with Crippen LogP contribution in [0.2, 0.25) is 0 Å². The Morgan fingerprint density at radius 2 is 1.85 bits per heavy atom. The fourth-order valence-electron chi connectivity index (χ4n) is 4.40. The standard InChI is InChI=1S/C26H35F2N3O3/c1-5-8-21(18(6-2)7-3)23-22(31-15-26(33,16-31)17-32)13-14-29-24(23)30-19-9-11-20(12-10-19)34-25(4,27)28/h8-14,18,32-33H,5-7,15-17H2,1-4H3,(H,29,30)/b21-8+. The van der Waals surface area contributed by atoms with Crippen molar-refractivity contribution in [1.82, 2.24) is 4.98 Å². The van der Waals surface area contributed by atoms with Crippen LogP contribution in [0.25, 0.3) is 5.57 Å². The minimum Gasteiger partial charge on any atom is -0.433 e. The summed E-state index contributed by atoms with van der Waals surface area (Å²) in [5.74, 6) is 1.05. The van der Waals surface area contributed by atoms with Crippen LogP contribution in [0, 0.1) is 5.92 Å². The van der Waals surface area contributed by atoms with E-state index in [9.17, 15) is 19.0 Å². The maximum absolute atomic E-state index is 13.2. The molecule has 0 radical (unpaired) electrons. The van der Waals surface area contributed by atoms with E-state index in [1.807, 2.05) is 11.0 Å². The van der Waals surface area contributed by atoms with Crippen LogP contribution in [0.4, 0.5) is 26.0 Å². The largest absolute Gasteiger partial charge is 0.433 e. The van der Waals surface area contributed by atoms with E-state index in [4.69, 9.17) is 0 Å². The van der Waals surface area contributed by atoms with E-state index in [2.05, 4.69) is 41.9 Å². The normalized spacial score (nSPS) is 15.9. The zero-order chi connectivity index (χ0) is 24.9. The Labute approximate surface area is 200 Å². The molecule has 1 saturated heterocycles. The van der Waals surface area contributed by atoms with Gasteiger partial charge in [0.15, 0.2) is 0 Å². The average molecular weight is 476 g/mol. The third-order valence-electron chi connectivity index (χ3n) is 6.09. The Bertz CT molecular complexity index is 980. The highest BCUT2D eigenvalue weighted by atomic mass is 19.3. The number of halogens is 2. The van der Waals surface area contributed by atoms with Gasteiger partial charge in [-0.05, 0) is 61.1 Å². The molecule has 1 aromatic carbocycles. The molecule has 0 atom stereocenters. The molecule has 0 unspecified atom stereocenters. The summed E-state index contributed by atoms with van der Waals surface area (Å²) in [7, 11) is 0. The summed E-state index contributed by atoms with van der Waals surface area (Å²) >= 11 is 0. The predicted octanol–water partition coefficient (Wildman–Crippen LogP) is 5.59. The van der Waals surface area contributed by atoms with Crippen molar-refractivity contribution < 1.29 is 23.7 Å². The number of hydrogen-bond donors (Lipinski definition) is 3. The topological polar surface area (TPSA) is 77.9 Å². The van der Waals surface area contributed by atoms with Crippen molar-refractivity contribution in [2.45, 2.75) is 58.7 Å². The second-order valence-electron chi connectivity index (χ2n) is 8.93. The molecule has 6 nitrogen and oxygen atoms in total. The molecule has 1 fully saturated rings. The second kappa shape index (κ2) is 10.7. The van der Waals surface area contributed by atoms with Crippen LogP contribution in [0.5, 0.6) is 5.75 Å². The maximum atomic E-state index is 13.2. The molecule has 1 aromatic heterocycles. The van der Waals surface area contributed by atoms with Gasteiger partial charge in [0.05, 0.1) is 19.7 Å². The molecule has 0 spiro atoms. The number of aromatic nitrogens is 1. The van der Waals surface area contributed by atoms with Gasteiger partial charge in [0.2, 0.25) is 0 Å². The molecule has 1 aliphatic rings. The zero-order valence-corrected chi connectivity index (χ0v) is 20.3. The van der Waals surface area contributed by atoms with Gasteiger partial charge in [0.25, 0.3) is 0 Å². The highest BCUT2D eigenvalue weighted by Gasteiger charge is 2.42. The number of alkyl halides is 2. The first-order chi connectivity index (χ1) is 16.1. The Hall–Kier alpha value is -2.71. The lowest BCUT2D eigenvalue weighted by Crippen LogP contribution is -2.64. The fraction of sp³-hybridized carbons (Fsp3) is 0.500. The average Bonchev–Trinajstić information content (AvgIpc) is 2.77. The first kappa shape index (κ1) is 25.9. The molecule has 0 saturated carbocycles. The van der Waals surface area contributed by atoms with Crippen molar-refractivity contribution in [2.75, 3.05) is 29.9 Å². The molecule has 3 rings (SSSR count). The first-order valence-corrected chi connectivity index (χ1v) is 11.8. The Morgan fingerprint density at radius 1 is 1.21 bits per heavy atom. The van der Waals surface area contributed by atoms with Crippen LogP contribution in [0.1, 0.15) is 52.5 Å². The van der Waals surface area contributed by atoms with E-state index in [-0.39, 0.29) is 12.4 Å². The molecular weight excluding hydrogens is 440 g/mol. The van der Waals surface area contributed by atoms with E-state index >= 15 is 0 Å². The van der Waals surface area contributed by atoms with Crippen molar-refractivity contribution in [1.29, 1.82) is 0 Å². The van der Waals surface area contributed by atoms with Gasteiger partial charge >= 0.3 is 6.11 Å². The zero-order valence-electron chi connectivity index (χ0n) is 20.3. The Balaban J connectivity index is 2.01. The molecule has 1 aliphatic heterocycles. The minimum atomic E-state index is -3.25. The Morgan fingerprint density at radius 3 is 2.38 bits per heavy atom. The van der Waals surface area contributed by atoms with Gasteiger partial charge in [0.1, 0.15) is 17.2 Å². The van der Waals surface area contributed by atoms with E-state index < -0.39 is 11.7 Å². The predicted molar refractivity (Wildman–Crippen MR) is 132 cm³/mol. The molecule has 2 heterocycles. The monoisotopic (exact) mass is 475 g/mol. The van der Waals surface area contributed by atoms with Crippen molar-refractivity contribution >= 4 is 22.8 Å². The molecular formula is C26H35F2N3O3. The lowest BCUT2D eigenvalue weighted by Gasteiger charge is -2.47. The summed E-state index contributed by atoms with van der Waals surface area (Å²) in [4.78, 5) is 6.67. The summed E-state index contributed by atoms with van der Waals surface area (Å²) in [5, 5.41) is 23.3. The van der Waals surface area contributed by atoms with Gasteiger partial charge in [0, 0.05) is 30.1 Å². The van der Waals surface area contributed by atoms with Gasteiger partial charge in [-0.1, -0.05) is 26.8 Å². The van der Waals surface area contributed by atoms with Crippen molar-refractivity contribution in [2.24, 2.45) is 5.92 Å². The molecule has 186 valence electrons. The molecule has 34 heavy (non-hydrogen) atoms. The molecule has 8 heteroatoms. The van der Waals surface area contributed by atoms with Crippen LogP contribution in [0.3, 0.4) is 0 Å². The quantitative estimate of drug-likeness (QED) is 0.393. The third kappa shape index (κ3) is 6.04. The van der Waals surface area contributed by atoms with Crippen LogP contribution < -0.4 is 15.0 Å². The molecule has 0 amide bonds. The number of nitrogens with zero attached hydrogens (tertiary/aromatic N) is 2. The summed E-state index contributed by atoms with van der Waals surface area (Å²) in [6.45, 7) is 7.51. The Kier molecular flexibility index (Phi) is 8.15.